The number of nitriles is 1. The van der Waals surface area contributed by atoms with Crippen molar-refractivity contribution >= 4 is 0 Å². The summed E-state index contributed by atoms with van der Waals surface area (Å²) in [5.74, 6) is 0.570. The lowest BCUT2D eigenvalue weighted by molar-refractivity contribution is 0.253. The van der Waals surface area contributed by atoms with Gasteiger partial charge >= 0.3 is 0 Å². The maximum atomic E-state index is 8.92. The van der Waals surface area contributed by atoms with Crippen LogP contribution in [0.5, 0.6) is 0 Å². The maximum absolute atomic E-state index is 8.92. The van der Waals surface area contributed by atoms with E-state index in [0.29, 0.717) is 11.5 Å². The molecule has 114 valence electrons. The zero-order chi connectivity index (χ0) is 15.5. The van der Waals surface area contributed by atoms with Crippen LogP contribution in [0.1, 0.15) is 36.9 Å². The van der Waals surface area contributed by atoms with Crippen LogP contribution in [-0.4, -0.2) is 34.8 Å². The van der Waals surface area contributed by atoms with E-state index in [-0.39, 0.29) is 0 Å². The maximum Gasteiger partial charge on any atom is 0.0991 e. The first-order chi connectivity index (χ1) is 10.7. The van der Waals surface area contributed by atoms with Gasteiger partial charge in [-0.1, -0.05) is 12.1 Å². The molecule has 4 heteroatoms. The molecule has 2 heterocycles. The molecular weight excluding hydrogens is 272 g/mol. The molecule has 1 aromatic carbocycles. The van der Waals surface area contributed by atoms with E-state index in [0.717, 1.165) is 30.9 Å². The van der Waals surface area contributed by atoms with E-state index >= 15 is 0 Å². The van der Waals surface area contributed by atoms with Crippen molar-refractivity contribution < 1.29 is 0 Å². The van der Waals surface area contributed by atoms with Crippen molar-refractivity contribution in [3.8, 4) is 17.3 Å². The minimum Gasteiger partial charge on any atom is -0.306 e. The zero-order valence-electron chi connectivity index (χ0n) is 13.3. The van der Waals surface area contributed by atoms with Crippen molar-refractivity contribution in [3.63, 3.8) is 0 Å². The molecule has 0 N–H and O–H groups in total. The molecule has 0 bridgehead atoms. The molecule has 3 rings (SSSR count). The first-order valence-electron chi connectivity index (χ1n) is 7.98. The Morgan fingerprint density at radius 2 is 1.91 bits per heavy atom. The number of hydrogen-bond donors (Lipinski definition) is 0. The van der Waals surface area contributed by atoms with Gasteiger partial charge in [0, 0.05) is 12.5 Å². The first-order valence-corrected chi connectivity index (χ1v) is 7.98. The average molecular weight is 294 g/mol. The number of rotatable bonds is 3. The van der Waals surface area contributed by atoms with Crippen LogP contribution in [0.15, 0.2) is 30.3 Å². The minimum absolute atomic E-state index is 0.570. The molecule has 0 radical (unpaired) electrons. The number of nitrogens with zero attached hydrogens (tertiary/aromatic N) is 4. The Labute approximate surface area is 132 Å². The summed E-state index contributed by atoms with van der Waals surface area (Å²) in [4.78, 5) is 2.38. The third kappa shape index (κ3) is 2.90. The largest absolute Gasteiger partial charge is 0.306 e. The standard InChI is InChI=1S/C18H22N4/c1-3-22-18(16-6-4-14(13-19)5-7-16)12-17(20-22)15-8-10-21(2)11-9-15/h4-7,12,15H,3,8-11H2,1-2H3. The molecule has 0 saturated carbocycles. The highest BCUT2D eigenvalue weighted by atomic mass is 15.3. The first kappa shape index (κ1) is 14.8. The predicted octanol–water partition coefficient (Wildman–Crippen LogP) is 3.25. The monoisotopic (exact) mass is 294 g/mol. The van der Waals surface area contributed by atoms with E-state index in [2.05, 4.69) is 35.7 Å². The summed E-state index contributed by atoms with van der Waals surface area (Å²) in [5.41, 5.74) is 4.20. The van der Waals surface area contributed by atoms with Crippen molar-refractivity contribution in [3.05, 3.63) is 41.6 Å². The van der Waals surface area contributed by atoms with Gasteiger partial charge in [-0.15, -0.1) is 0 Å². The molecule has 22 heavy (non-hydrogen) atoms. The van der Waals surface area contributed by atoms with Crippen LogP contribution in [0.3, 0.4) is 0 Å². The SMILES string of the molecule is CCn1nc(C2CCN(C)CC2)cc1-c1ccc(C#N)cc1. The number of benzene rings is 1. The summed E-state index contributed by atoms with van der Waals surface area (Å²) < 4.78 is 2.08. The summed E-state index contributed by atoms with van der Waals surface area (Å²) in [5, 5.41) is 13.8. The summed E-state index contributed by atoms with van der Waals surface area (Å²) in [6, 6.07) is 12.2. The van der Waals surface area contributed by atoms with Crippen molar-refractivity contribution in [2.45, 2.75) is 32.2 Å². The van der Waals surface area contributed by atoms with Crippen LogP contribution in [0.25, 0.3) is 11.3 Å². The van der Waals surface area contributed by atoms with Crippen LogP contribution in [0.2, 0.25) is 0 Å². The fourth-order valence-electron chi connectivity index (χ4n) is 3.13. The van der Waals surface area contributed by atoms with Gasteiger partial charge in [0.25, 0.3) is 0 Å². The topological polar surface area (TPSA) is 44.9 Å². The van der Waals surface area contributed by atoms with Gasteiger partial charge in [0.2, 0.25) is 0 Å². The van der Waals surface area contributed by atoms with Crippen LogP contribution in [0.4, 0.5) is 0 Å². The summed E-state index contributed by atoms with van der Waals surface area (Å²) in [6.07, 6.45) is 2.37. The molecular formula is C18H22N4. The molecule has 0 atom stereocenters. The molecule has 1 aliphatic rings. The Bertz CT molecular complexity index is 670. The average Bonchev–Trinajstić information content (AvgIpc) is 3.00. The number of hydrogen-bond acceptors (Lipinski definition) is 3. The van der Waals surface area contributed by atoms with Crippen LogP contribution in [0, 0.1) is 11.3 Å². The van der Waals surface area contributed by atoms with E-state index in [4.69, 9.17) is 10.4 Å². The summed E-state index contributed by atoms with van der Waals surface area (Å²) in [6.45, 7) is 5.28. The Morgan fingerprint density at radius 1 is 1.23 bits per heavy atom. The third-order valence-corrected chi connectivity index (χ3v) is 4.55. The summed E-state index contributed by atoms with van der Waals surface area (Å²) >= 11 is 0. The Balaban J connectivity index is 1.89. The van der Waals surface area contributed by atoms with Crippen molar-refractivity contribution in [1.29, 1.82) is 5.26 Å². The number of likely N-dealkylation sites (tertiary alicyclic amines) is 1. The fourth-order valence-corrected chi connectivity index (χ4v) is 3.13. The molecule has 4 nitrogen and oxygen atoms in total. The van der Waals surface area contributed by atoms with E-state index < -0.39 is 0 Å². The minimum atomic E-state index is 0.570. The van der Waals surface area contributed by atoms with Gasteiger partial charge in [-0.05, 0) is 63.7 Å². The smallest absolute Gasteiger partial charge is 0.0991 e. The second-order valence-electron chi connectivity index (χ2n) is 6.04. The number of piperidine rings is 1. The van der Waals surface area contributed by atoms with Crippen molar-refractivity contribution in [2.75, 3.05) is 20.1 Å². The van der Waals surface area contributed by atoms with Gasteiger partial charge in [0.15, 0.2) is 0 Å². The Hall–Kier alpha value is -2.12. The van der Waals surface area contributed by atoms with Gasteiger partial charge in [0.1, 0.15) is 0 Å². The summed E-state index contributed by atoms with van der Waals surface area (Å²) in [7, 11) is 2.18. The van der Waals surface area contributed by atoms with Crippen molar-refractivity contribution in [2.24, 2.45) is 0 Å². The molecule has 2 aromatic rings. The van der Waals surface area contributed by atoms with Crippen LogP contribution in [-0.2, 0) is 6.54 Å². The number of aromatic nitrogens is 2. The highest BCUT2D eigenvalue weighted by Gasteiger charge is 2.22. The Morgan fingerprint density at radius 3 is 2.50 bits per heavy atom. The molecule has 1 saturated heterocycles. The highest BCUT2D eigenvalue weighted by molar-refractivity contribution is 5.61. The number of aryl methyl sites for hydroxylation is 1. The van der Waals surface area contributed by atoms with E-state index in [9.17, 15) is 0 Å². The van der Waals surface area contributed by atoms with Gasteiger partial charge in [-0.25, -0.2) is 0 Å². The van der Waals surface area contributed by atoms with Crippen LogP contribution < -0.4 is 0 Å². The lowest BCUT2D eigenvalue weighted by Gasteiger charge is -2.27. The Kier molecular flexibility index (Phi) is 4.26. The molecule has 1 aliphatic heterocycles. The predicted molar refractivity (Wildman–Crippen MR) is 87.5 cm³/mol. The molecule has 0 aliphatic carbocycles. The van der Waals surface area contributed by atoms with E-state index in [1.165, 1.54) is 18.5 Å². The molecule has 0 amide bonds. The highest BCUT2D eigenvalue weighted by Crippen LogP contribution is 2.30. The van der Waals surface area contributed by atoms with Crippen molar-refractivity contribution in [1.82, 2.24) is 14.7 Å². The van der Waals surface area contributed by atoms with E-state index in [1.54, 1.807) is 0 Å². The molecule has 0 unspecified atom stereocenters. The van der Waals surface area contributed by atoms with Gasteiger partial charge in [-0.2, -0.15) is 10.4 Å². The normalized spacial score (nSPS) is 16.6. The molecule has 1 fully saturated rings. The van der Waals surface area contributed by atoms with Gasteiger partial charge in [-0.3, -0.25) is 4.68 Å². The van der Waals surface area contributed by atoms with E-state index in [1.807, 2.05) is 24.3 Å². The lowest BCUT2D eigenvalue weighted by Crippen LogP contribution is -2.29. The quantitative estimate of drug-likeness (QED) is 0.873. The third-order valence-electron chi connectivity index (χ3n) is 4.55. The second-order valence-corrected chi connectivity index (χ2v) is 6.04. The molecule has 0 spiro atoms. The van der Waals surface area contributed by atoms with Gasteiger partial charge in [0.05, 0.1) is 23.0 Å². The fraction of sp³-hybridized carbons (Fsp3) is 0.444. The van der Waals surface area contributed by atoms with Gasteiger partial charge < -0.3 is 4.90 Å². The second kappa shape index (κ2) is 6.33. The van der Waals surface area contributed by atoms with Crippen LogP contribution >= 0.6 is 0 Å². The molecule has 1 aromatic heterocycles. The zero-order valence-corrected chi connectivity index (χ0v) is 13.3. The lowest BCUT2D eigenvalue weighted by atomic mass is 9.93.